The molecule has 0 saturated carbocycles. The predicted octanol–water partition coefficient (Wildman–Crippen LogP) is 3.48. The van der Waals surface area contributed by atoms with Gasteiger partial charge in [-0.15, -0.1) is 0 Å². The van der Waals surface area contributed by atoms with Crippen molar-refractivity contribution < 1.29 is 9.53 Å². The average molecular weight is 510 g/mol. The number of ether oxygens (including phenoxy) is 1. The molecule has 6 heterocycles. The number of H-pyrrole nitrogens is 1. The van der Waals surface area contributed by atoms with Gasteiger partial charge in [-0.05, 0) is 36.8 Å². The van der Waals surface area contributed by atoms with Gasteiger partial charge in [-0.2, -0.15) is 5.10 Å². The van der Waals surface area contributed by atoms with Gasteiger partial charge in [0.15, 0.2) is 11.5 Å². The molecule has 3 atom stereocenters. The summed E-state index contributed by atoms with van der Waals surface area (Å²) < 4.78 is 7.52. The average Bonchev–Trinajstić information content (AvgIpc) is 3.65. The number of nitrogens with zero attached hydrogens (tertiary/aromatic N) is 7. The van der Waals surface area contributed by atoms with Crippen molar-refractivity contribution in [2.24, 2.45) is 7.05 Å². The molecule has 192 valence electrons. The fourth-order valence-corrected chi connectivity index (χ4v) is 5.74. The highest BCUT2D eigenvalue weighted by atomic mass is 16.5. The Hall–Kier alpha value is -4.38. The summed E-state index contributed by atoms with van der Waals surface area (Å²) >= 11 is 0. The number of imidazole rings is 1. The molecule has 2 bridgehead atoms. The Morgan fingerprint density at radius 1 is 1.18 bits per heavy atom. The summed E-state index contributed by atoms with van der Waals surface area (Å²) in [4.78, 5) is 37.2. The number of aromatic amines is 1. The highest BCUT2D eigenvalue weighted by molar-refractivity contribution is 6.11. The molecule has 2 aliphatic heterocycles. The van der Waals surface area contributed by atoms with Gasteiger partial charge in [0.25, 0.3) is 5.91 Å². The fraction of sp³-hybridized carbons (Fsp3) is 0.333. The number of hydrogen-bond acceptors (Lipinski definition) is 8. The largest absolute Gasteiger partial charge is 0.377 e. The molecule has 5 aromatic rings. The second-order valence-electron chi connectivity index (χ2n) is 10.0. The van der Waals surface area contributed by atoms with Crippen LogP contribution >= 0.6 is 0 Å². The first-order valence-electron chi connectivity index (χ1n) is 12.8. The maximum absolute atomic E-state index is 14.3. The van der Waals surface area contributed by atoms with Crippen LogP contribution in [0.15, 0.2) is 49.3 Å². The lowest BCUT2D eigenvalue weighted by Gasteiger charge is -2.35. The molecule has 2 fully saturated rings. The zero-order chi connectivity index (χ0) is 25.8. The zero-order valence-electron chi connectivity index (χ0n) is 21.1. The van der Waals surface area contributed by atoms with E-state index in [0.29, 0.717) is 30.4 Å². The maximum Gasteiger partial charge on any atom is 0.273 e. The normalized spacial score (nSPS) is 19.8. The van der Waals surface area contributed by atoms with Crippen LogP contribution in [0.25, 0.3) is 33.1 Å². The highest BCUT2D eigenvalue weighted by Gasteiger charge is 2.41. The number of carbonyl (C=O) groups is 1. The first kappa shape index (κ1) is 22.8. The van der Waals surface area contributed by atoms with Crippen LogP contribution in [-0.4, -0.2) is 70.8 Å². The summed E-state index contributed by atoms with van der Waals surface area (Å²) in [6.45, 7) is 3.15. The number of amides is 1. The predicted molar refractivity (Wildman–Crippen MR) is 141 cm³/mol. The fourth-order valence-electron chi connectivity index (χ4n) is 5.74. The van der Waals surface area contributed by atoms with E-state index in [1.807, 2.05) is 55.5 Å². The molecule has 0 spiro atoms. The van der Waals surface area contributed by atoms with Gasteiger partial charge in [0, 0.05) is 24.2 Å². The lowest BCUT2D eigenvalue weighted by Crippen LogP contribution is -2.49. The minimum absolute atomic E-state index is 0.0471. The Labute approximate surface area is 218 Å². The van der Waals surface area contributed by atoms with E-state index in [2.05, 4.69) is 30.4 Å². The summed E-state index contributed by atoms with van der Waals surface area (Å²) in [5, 5.41) is 9.59. The van der Waals surface area contributed by atoms with E-state index < -0.39 is 0 Å². The van der Waals surface area contributed by atoms with E-state index in [4.69, 9.17) is 9.72 Å². The standard InChI is InChI=1S/C27H27N9O2/c1-15(33-26-24-25(29-13-28-24)30-14-31-26)21-8-16-4-3-5-20(17-9-32-35(2)10-17)22(16)23(34-21)27(37)36-18-6-7-19(36)12-38-11-18/h3-5,8-10,13-15,18-19H,6-7,11-12H2,1-2H3,(H2,28,29,30,31,33)/t15-,18?,19?/m0/s1. The molecule has 11 nitrogen and oxygen atoms in total. The van der Waals surface area contributed by atoms with Crippen molar-refractivity contribution in [3.05, 3.63) is 60.7 Å². The number of nitrogens with one attached hydrogen (secondary N) is 2. The van der Waals surface area contributed by atoms with Gasteiger partial charge < -0.3 is 19.9 Å². The third-order valence-electron chi connectivity index (χ3n) is 7.59. The van der Waals surface area contributed by atoms with E-state index in [-0.39, 0.29) is 24.0 Å². The molecule has 2 unspecified atom stereocenters. The number of hydrogen-bond donors (Lipinski definition) is 2. The van der Waals surface area contributed by atoms with Crippen molar-refractivity contribution in [1.82, 2.24) is 39.6 Å². The second kappa shape index (κ2) is 8.88. The molecule has 11 heteroatoms. The molecule has 2 aliphatic rings. The number of fused-ring (bicyclic) bond motifs is 4. The Morgan fingerprint density at radius 2 is 2.03 bits per heavy atom. The summed E-state index contributed by atoms with van der Waals surface area (Å²) in [6.07, 6.45) is 8.77. The van der Waals surface area contributed by atoms with E-state index in [1.54, 1.807) is 11.0 Å². The van der Waals surface area contributed by atoms with Gasteiger partial charge in [-0.1, -0.05) is 18.2 Å². The summed E-state index contributed by atoms with van der Waals surface area (Å²) in [5.74, 6) is 0.583. The third kappa shape index (κ3) is 3.69. The number of rotatable bonds is 5. The molecule has 7 rings (SSSR count). The highest BCUT2D eigenvalue weighted by Crippen LogP contribution is 2.36. The molecule has 0 radical (unpaired) electrons. The number of pyridine rings is 1. The summed E-state index contributed by atoms with van der Waals surface area (Å²) in [7, 11) is 1.89. The lowest BCUT2D eigenvalue weighted by atomic mass is 9.97. The number of carbonyl (C=O) groups excluding carboxylic acids is 1. The van der Waals surface area contributed by atoms with Crippen LogP contribution in [0.2, 0.25) is 0 Å². The van der Waals surface area contributed by atoms with Crippen molar-refractivity contribution in [3.8, 4) is 11.1 Å². The topological polar surface area (TPSA) is 127 Å². The van der Waals surface area contributed by atoms with Crippen molar-refractivity contribution >= 4 is 33.7 Å². The number of morpholine rings is 1. The Morgan fingerprint density at radius 3 is 2.82 bits per heavy atom. The van der Waals surface area contributed by atoms with Gasteiger partial charge in [0.05, 0.1) is 49.6 Å². The van der Waals surface area contributed by atoms with E-state index >= 15 is 0 Å². The third-order valence-corrected chi connectivity index (χ3v) is 7.59. The van der Waals surface area contributed by atoms with E-state index in [1.165, 1.54) is 6.33 Å². The van der Waals surface area contributed by atoms with Crippen molar-refractivity contribution in [3.63, 3.8) is 0 Å². The Balaban J connectivity index is 1.36. The van der Waals surface area contributed by atoms with Crippen LogP contribution in [0.3, 0.4) is 0 Å². The number of aromatic nitrogens is 7. The van der Waals surface area contributed by atoms with Crippen LogP contribution < -0.4 is 5.32 Å². The van der Waals surface area contributed by atoms with Crippen LogP contribution in [0.4, 0.5) is 5.82 Å². The van der Waals surface area contributed by atoms with Gasteiger partial charge >= 0.3 is 0 Å². The van der Waals surface area contributed by atoms with Crippen molar-refractivity contribution in [1.29, 1.82) is 0 Å². The molecular weight excluding hydrogens is 482 g/mol. The Bertz CT molecular complexity index is 1660. The molecule has 2 N–H and O–H groups in total. The first-order valence-corrected chi connectivity index (χ1v) is 12.8. The minimum Gasteiger partial charge on any atom is -0.377 e. The second-order valence-corrected chi connectivity index (χ2v) is 10.0. The van der Waals surface area contributed by atoms with Crippen LogP contribution in [0.5, 0.6) is 0 Å². The summed E-state index contributed by atoms with van der Waals surface area (Å²) in [5.41, 5.74) is 4.39. The van der Waals surface area contributed by atoms with Crippen LogP contribution in [-0.2, 0) is 11.8 Å². The van der Waals surface area contributed by atoms with Gasteiger partial charge in [0.1, 0.15) is 17.5 Å². The lowest BCUT2D eigenvalue weighted by molar-refractivity contribution is -0.00735. The number of aryl methyl sites for hydroxylation is 1. The zero-order valence-corrected chi connectivity index (χ0v) is 21.1. The molecule has 4 aromatic heterocycles. The van der Waals surface area contributed by atoms with Crippen molar-refractivity contribution in [2.75, 3.05) is 18.5 Å². The van der Waals surface area contributed by atoms with Crippen molar-refractivity contribution in [2.45, 2.75) is 37.9 Å². The van der Waals surface area contributed by atoms with E-state index in [9.17, 15) is 4.79 Å². The van der Waals surface area contributed by atoms with E-state index in [0.717, 1.165) is 46.0 Å². The maximum atomic E-state index is 14.3. The molecule has 1 amide bonds. The minimum atomic E-state index is -0.240. The van der Waals surface area contributed by atoms with Crippen LogP contribution in [0, 0.1) is 0 Å². The molecule has 38 heavy (non-hydrogen) atoms. The summed E-state index contributed by atoms with van der Waals surface area (Å²) in [6, 6.07) is 8.05. The molecule has 2 saturated heterocycles. The molecule has 0 aliphatic carbocycles. The quantitative estimate of drug-likeness (QED) is 0.369. The van der Waals surface area contributed by atoms with Gasteiger partial charge in [-0.3, -0.25) is 9.48 Å². The molecular formula is C27H27N9O2. The smallest absolute Gasteiger partial charge is 0.273 e. The number of benzene rings is 1. The first-order chi connectivity index (χ1) is 18.6. The van der Waals surface area contributed by atoms with Gasteiger partial charge in [0.2, 0.25) is 0 Å². The van der Waals surface area contributed by atoms with Crippen LogP contribution in [0.1, 0.15) is 42.0 Å². The SMILES string of the molecule is C[C@H](Nc1ncnc2nc[nH]c12)c1cc2cccc(-c3cnn(C)c3)c2c(C(=O)N2C3CCC2COC3)n1. The van der Waals surface area contributed by atoms with Gasteiger partial charge in [-0.25, -0.2) is 19.9 Å². The molecule has 1 aromatic carbocycles. The Kier molecular flexibility index (Phi) is 5.32. The monoisotopic (exact) mass is 509 g/mol. The number of anilines is 1.